The van der Waals surface area contributed by atoms with Crippen LogP contribution in [0.3, 0.4) is 0 Å². The summed E-state index contributed by atoms with van der Waals surface area (Å²) < 4.78 is 8.11. The highest BCUT2D eigenvalue weighted by atomic mass is 79.9. The fraction of sp³-hybridized carbons (Fsp3) is 0.133. The summed E-state index contributed by atoms with van der Waals surface area (Å²) in [4.78, 5) is 12.1. The van der Waals surface area contributed by atoms with Gasteiger partial charge in [0.15, 0.2) is 12.4 Å². The molecule has 0 radical (unpaired) electrons. The summed E-state index contributed by atoms with van der Waals surface area (Å²) in [6.07, 6.45) is 0. The molecule has 0 saturated carbocycles. The summed E-state index contributed by atoms with van der Waals surface area (Å²) in [5.41, 5.74) is 1.72. The quantitative estimate of drug-likeness (QED) is 0.557. The molecule has 2 rings (SSSR count). The van der Waals surface area contributed by atoms with Gasteiger partial charge in [0.05, 0.1) is 8.95 Å². The molecule has 2 nitrogen and oxygen atoms in total. The van der Waals surface area contributed by atoms with E-state index < -0.39 is 0 Å². The van der Waals surface area contributed by atoms with Crippen LogP contribution < -0.4 is 4.74 Å². The minimum absolute atomic E-state index is 0.00227. The molecule has 0 N–H and O–H groups in total. The third-order valence-electron chi connectivity index (χ3n) is 2.65. The minimum Gasteiger partial charge on any atom is -0.483 e. The van der Waals surface area contributed by atoms with Crippen molar-refractivity contribution in [3.8, 4) is 5.75 Å². The Balaban J connectivity index is 2.11. The number of ketones is 1. The minimum atomic E-state index is -0.0459. The van der Waals surface area contributed by atoms with E-state index in [1.54, 1.807) is 6.07 Å². The Hall–Kier alpha value is -0.650. The number of ether oxygens (including phenoxy) is 1. The molecule has 0 aliphatic rings. The van der Waals surface area contributed by atoms with Crippen molar-refractivity contribution in [1.82, 2.24) is 0 Å². The molecule has 0 fully saturated rings. The summed E-state index contributed by atoms with van der Waals surface area (Å²) in [6.45, 7) is 1.96. The number of rotatable bonds is 4. The lowest BCUT2D eigenvalue weighted by molar-refractivity contribution is 0.0920. The number of carbonyl (C=O) groups excluding carboxylic acids is 1. The summed E-state index contributed by atoms with van der Waals surface area (Å²) in [6, 6.07) is 11.2. The van der Waals surface area contributed by atoms with Crippen LogP contribution in [0.2, 0.25) is 0 Å². The van der Waals surface area contributed by atoms with E-state index in [-0.39, 0.29) is 12.4 Å². The van der Waals surface area contributed by atoms with Crippen LogP contribution in [0.1, 0.15) is 15.9 Å². The van der Waals surface area contributed by atoms with Crippen LogP contribution in [-0.2, 0) is 0 Å². The molecule has 0 atom stereocenters. The molecule has 0 unspecified atom stereocenters. The third kappa shape index (κ3) is 3.93. The van der Waals surface area contributed by atoms with Crippen molar-refractivity contribution in [3.05, 3.63) is 60.9 Å². The van der Waals surface area contributed by atoms with Gasteiger partial charge in [0, 0.05) is 10.0 Å². The topological polar surface area (TPSA) is 26.3 Å². The van der Waals surface area contributed by atoms with Gasteiger partial charge in [-0.1, -0.05) is 39.7 Å². The Morgan fingerprint density at radius 2 is 1.75 bits per heavy atom. The maximum atomic E-state index is 12.1. The molecule has 0 aliphatic heterocycles. The first-order chi connectivity index (χ1) is 9.47. The van der Waals surface area contributed by atoms with Gasteiger partial charge in [-0.25, -0.2) is 0 Å². The predicted molar refractivity (Wildman–Crippen MR) is 90.5 cm³/mol. The van der Waals surface area contributed by atoms with Gasteiger partial charge in [0.2, 0.25) is 0 Å². The van der Waals surface area contributed by atoms with Gasteiger partial charge in [-0.2, -0.15) is 0 Å². The van der Waals surface area contributed by atoms with Gasteiger partial charge in [-0.05, 0) is 57.0 Å². The summed E-state index contributed by atoms with van der Waals surface area (Å²) in [5.74, 6) is 0.574. The highest BCUT2D eigenvalue weighted by Gasteiger charge is 2.12. The molecule has 2 aromatic rings. The number of Topliss-reactive ketones (excluding diaryl/α,β-unsaturated/α-hetero) is 1. The summed E-state index contributed by atoms with van der Waals surface area (Å²) in [5, 5.41) is 0. The van der Waals surface area contributed by atoms with Crippen molar-refractivity contribution in [3.63, 3.8) is 0 Å². The van der Waals surface area contributed by atoms with Gasteiger partial charge in [0.1, 0.15) is 5.75 Å². The number of aryl methyl sites for hydroxylation is 1. The van der Waals surface area contributed by atoms with Crippen molar-refractivity contribution in [2.24, 2.45) is 0 Å². The van der Waals surface area contributed by atoms with Crippen LogP contribution >= 0.6 is 47.8 Å². The Labute approximate surface area is 142 Å². The molecule has 0 heterocycles. The van der Waals surface area contributed by atoms with E-state index in [0.717, 1.165) is 19.0 Å². The number of hydrogen-bond donors (Lipinski definition) is 0. The molecule has 0 spiro atoms. The number of carbonyl (C=O) groups is 1. The largest absolute Gasteiger partial charge is 0.483 e. The van der Waals surface area contributed by atoms with Gasteiger partial charge >= 0.3 is 0 Å². The second-order valence-electron chi connectivity index (χ2n) is 4.28. The molecular formula is C15H11Br3O2. The lowest BCUT2D eigenvalue weighted by Crippen LogP contribution is -2.12. The van der Waals surface area contributed by atoms with Crippen LogP contribution in [0.5, 0.6) is 5.75 Å². The second-order valence-corrected chi connectivity index (χ2v) is 6.90. The van der Waals surface area contributed by atoms with Gasteiger partial charge < -0.3 is 4.74 Å². The molecular weight excluding hydrogens is 452 g/mol. The van der Waals surface area contributed by atoms with Gasteiger partial charge in [-0.15, -0.1) is 0 Å². The SMILES string of the molecule is Cc1cccc(C(=O)COc2c(Br)cc(Br)cc2Br)c1. The van der Waals surface area contributed by atoms with E-state index in [0.29, 0.717) is 11.3 Å². The van der Waals surface area contributed by atoms with Crippen molar-refractivity contribution in [2.45, 2.75) is 6.92 Å². The second kappa shape index (κ2) is 6.87. The van der Waals surface area contributed by atoms with Crippen LogP contribution in [0.25, 0.3) is 0 Å². The Morgan fingerprint density at radius 1 is 1.10 bits per heavy atom. The third-order valence-corrected chi connectivity index (χ3v) is 4.29. The molecule has 5 heteroatoms. The van der Waals surface area contributed by atoms with Crippen molar-refractivity contribution >= 4 is 53.6 Å². The van der Waals surface area contributed by atoms with Crippen LogP contribution in [0.15, 0.2) is 49.8 Å². The zero-order valence-corrected chi connectivity index (χ0v) is 15.4. The lowest BCUT2D eigenvalue weighted by atomic mass is 10.1. The first-order valence-electron chi connectivity index (χ1n) is 5.84. The molecule has 104 valence electrons. The highest BCUT2D eigenvalue weighted by Crippen LogP contribution is 2.36. The number of benzene rings is 2. The summed E-state index contributed by atoms with van der Waals surface area (Å²) >= 11 is 10.2. The van der Waals surface area contributed by atoms with E-state index in [9.17, 15) is 4.79 Å². The van der Waals surface area contributed by atoms with Gasteiger partial charge in [0.25, 0.3) is 0 Å². The molecule has 0 saturated heterocycles. The number of halogens is 3. The zero-order valence-electron chi connectivity index (χ0n) is 10.6. The standard InChI is InChI=1S/C15H11Br3O2/c1-9-3-2-4-10(5-9)14(19)8-20-15-12(17)6-11(16)7-13(15)18/h2-7H,8H2,1H3. The smallest absolute Gasteiger partial charge is 0.200 e. The Kier molecular flexibility index (Phi) is 5.41. The van der Waals surface area contributed by atoms with Crippen LogP contribution in [-0.4, -0.2) is 12.4 Å². The van der Waals surface area contributed by atoms with E-state index in [1.807, 2.05) is 37.3 Å². The average Bonchev–Trinajstić information content (AvgIpc) is 2.37. The van der Waals surface area contributed by atoms with Crippen LogP contribution in [0.4, 0.5) is 0 Å². The predicted octanol–water partition coefficient (Wildman–Crippen LogP) is 5.54. The Bertz CT molecular complexity index is 630. The molecule has 2 aromatic carbocycles. The van der Waals surface area contributed by atoms with E-state index in [2.05, 4.69) is 47.8 Å². The van der Waals surface area contributed by atoms with Crippen molar-refractivity contribution in [2.75, 3.05) is 6.61 Å². The van der Waals surface area contributed by atoms with Crippen molar-refractivity contribution < 1.29 is 9.53 Å². The maximum absolute atomic E-state index is 12.1. The van der Waals surface area contributed by atoms with E-state index >= 15 is 0 Å². The number of hydrogen-bond acceptors (Lipinski definition) is 2. The zero-order chi connectivity index (χ0) is 14.7. The highest BCUT2D eigenvalue weighted by molar-refractivity contribution is 9.11. The fourth-order valence-corrected chi connectivity index (χ4v) is 4.19. The average molecular weight is 463 g/mol. The molecule has 0 aromatic heterocycles. The molecule has 0 aliphatic carbocycles. The summed E-state index contributed by atoms with van der Waals surface area (Å²) in [7, 11) is 0. The molecule has 0 amide bonds. The van der Waals surface area contributed by atoms with E-state index in [1.165, 1.54) is 0 Å². The van der Waals surface area contributed by atoms with Crippen LogP contribution in [0, 0.1) is 6.92 Å². The molecule has 0 bridgehead atoms. The van der Waals surface area contributed by atoms with Gasteiger partial charge in [-0.3, -0.25) is 4.79 Å². The molecule has 20 heavy (non-hydrogen) atoms. The Morgan fingerprint density at radius 3 is 2.35 bits per heavy atom. The fourth-order valence-electron chi connectivity index (χ4n) is 1.71. The first-order valence-corrected chi connectivity index (χ1v) is 8.22. The monoisotopic (exact) mass is 460 g/mol. The van der Waals surface area contributed by atoms with E-state index in [4.69, 9.17) is 4.74 Å². The maximum Gasteiger partial charge on any atom is 0.200 e. The van der Waals surface area contributed by atoms with Crippen molar-refractivity contribution in [1.29, 1.82) is 0 Å². The first kappa shape index (κ1) is 15.7. The lowest BCUT2D eigenvalue weighted by Gasteiger charge is -2.10. The normalized spacial score (nSPS) is 10.4.